The number of halogens is 1. The molecular formula is C12H20ClN3. The lowest BCUT2D eigenvalue weighted by Crippen LogP contribution is -2.28. The van der Waals surface area contributed by atoms with Crippen molar-refractivity contribution in [2.45, 2.75) is 34.2 Å². The van der Waals surface area contributed by atoms with Gasteiger partial charge in [-0.1, -0.05) is 32.4 Å². The molecule has 1 rings (SSSR count). The standard InChI is InChI=1S/C12H20ClN3/c1-5-16(7-9(2)3)8-12-14-10(4)6-11(13)15-12/h6,9H,5,7-8H2,1-4H3. The Labute approximate surface area is 103 Å². The number of hydrogen-bond donors (Lipinski definition) is 0. The molecule has 0 N–H and O–H groups in total. The topological polar surface area (TPSA) is 29.0 Å². The molecule has 0 amide bonds. The first-order chi connectivity index (χ1) is 7.51. The van der Waals surface area contributed by atoms with Crippen LogP contribution in [0.2, 0.25) is 5.15 Å². The van der Waals surface area contributed by atoms with Gasteiger partial charge in [0.1, 0.15) is 11.0 Å². The molecular weight excluding hydrogens is 222 g/mol. The van der Waals surface area contributed by atoms with Gasteiger partial charge in [0.2, 0.25) is 0 Å². The van der Waals surface area contributed by atoms with Gasteiger partial charge in [-0.15, -0.1) is 0 Å². The lowest BCUT2D eigenvalue weighted by atomic mass is 10.2. The van der Waals surface area contributed by atoms with E-state index in [1.54, 1.807) is 6.07 Å². The van der Waals surface area contributed by atoms with Crippen LogP contribution in [0.1, 0.15) is 32.3 Å². The predicted molar refractivity (Wildman–Crippen MR) is 67.6 cm³/mol. The molecule has 0 aromatic carbocycles. The fourth-order valence-electron chi connectivity index (χ4n) is 1.68. The Hall–Kier alpha value is -0.670. The summed E-state index contributed by atoms with van der Waals surface area (Å²) in [5.74, 6) is 1.47. The molecule has 0 spiro atoms. The van der Waals surface area contributed by atoms with Crippen molar-refractivity contribution in [2.24, 2.45) is 5.92 Å². The van der Waals surface area contributed by atoms with E-state index in [9.17, 15) is 0 Å². The van der Waals surface area contributed by atoms with Crippen molar-refractivity contribution in [1.29, 1.82) is 0 Å². The number of rotatable bonds is 5. The van der Waals surface area contributed by atoms with E-state index >= 15 is 0 Å². The second-order valence-corrected chi connectivity index (χ2v) is 4.86. The highest BCUT2D eigenvalue weighted by atomic mass is 35.5. The molecule has 90 valence electrons. The summed E-state index contributed by atoms with van der Waals surface area (Å²) < 4.78 is 0. The fourth-order valence-corrected chi connectivity index (χ4v) is 1.94. The van der Waals surface area contributed by atoms with Crippen molar-refractivity contribution in [1.82, 2.24) is 14.9 Å². The molecule has 1 aromatic rings. The van der Waals surface area contributed by atoms with Crippen LogP contribution in [-0.2, 0) is 6.54 Å². The van der Waals surface area contributed by atoms with Gasteiger partial charge in [-0.05, 0) is 25.5 Å². The van der Waals surface area contributed by atoms with E-state index in [-0.39, 0.29) is 0 Å². The van der Waals surface area contributed by atoms with Crippen molar-refractivity contribution in [3.8, 4) is 0 Å². The Morgan fingerprint density at radius 2 is 2.06 bits per heavy atom. The van der Waals surface area contributed by atoms with Crippen LogP contribution in [0.5, 0.6) is 0 Å². The van der Waals surface area contributed by atoms with Crippen LogP contribution in [0.3, 0.4) is 0 Å². The Morgan fingerprint density at radius 3 is 2.56 bits per heavy atom. The number of nitrogens with zero attached hydrogens (tertiary/aromatic N) is 3. The SMILES string of the molecule is CCN(Cc1nc(C)cc(Cl)n1)CC(C)C. The minimum atomic E-state index is 0.531. The van der Waals surface area contributed by atoms with Crippen LogP contribution in [-0.4, -0.2) is 28.0 Å². The first-order valence-corrected chi connectivity index (χ1v) is 6.11. The van der Waals surface area contributed by atoms with Gasteiger partial charge in [0.25, 0.3) is 0 Å². The van der Waals surface area contributed by atoms with E-state index < -0.39 is 0 Å². The largest absolute Gasteiger partial charge is 0.296 e. The van der Waals surface area contributed by atoms with Gasteiger partial charge in [-0.2, -0.15) is 0 Å². The summed E-state index contributed by atoms with van der Waals surface area (Å²) >= 11 is 5.91. The Bertz CT molecular complexity index is 319. The molecule has 16 heavy (non-hydrogen) atoms. The van der Waals surface area contributed by atoms with E-state index in [4.69, 9.17) is 11.6 Å². The van der Waals surface area contributed by atoms with Gasteiger partial charge in [-0.25, -0.2) is 9.97 Å². The van der Waals surface area contributed by atoms with Crippen LogP contribution in [0.4, 0.5) is 0 Å². The molecule has 0 saturated carbocycles. The zero-order valence-electron chi connectivity index (χ0n) is 10.5. The van der Waals surface area contributed by atoms with Crippen molar-refractivity contribution >= 4 is 11.6 Å². The third kappa shape index (κ3) is 4.45. The number of aryl methyl sites for hydroxylation is 1. The summed E-state index contributed by atoms with van der Waals surface area (Å²) in [4.78, 5) is 11.0. The lowest BCUT2D eigenvalue weighted by molar-refractivity contribution is 0.242. The smallest absolute Gasteiger partial charge is 0.144 e. The second-order valence-electron chi connectivity index (χ2n) is 4.47. The van der Waals surface area contributed by atoms with E-state index in [0.29, 0.717) is 11.1 Å². The first-order valence-electron chi connectivity index (χ1n) is 5.73. The van der Waals surface area contributed by atoms with Gasteiger partial charge in [0.05, 0.1) is 6.54 Å². The van der Waals surface area contributed by atoms with E-state index in [1.165, 1.54) is 0 Å². The molecule has 0 fully saturated rings. The maximum atomic E-state index is 5.91. The molecule has 1 heterocycles. The average molecular weight is 242 g/mol. The summed E-state index contributed by atoms with van der Waals surface area (Å²) in [6.07, 6.45) is 0. The number of aromatic nitrogens is 2. The molecule has 0 bridgehead atoms. The van der Waals surface area contributed by atoms with E-state index in [0.717, 1.165) is 31.2 Å². The summed E-state index contributed by atoms with van der Waals surface area (Å²) in [6.45, 7) is 11.4. The molecule has 0 radical (unpaired) electrons. The third-order valence-corrected chi connectivity index (χ3v) is 2.50. The zero-order chi connectivity index (χ0) is 12.1. The fraction of sp³-hybridized carbons (Fsp3) is 0.667. The predicted octanol–water partition coefficient (Wildman–Crippen LogP) is 2.92. The van der Waals surface area contributed by atoms with Crippen molar-refractivity contribution < 1.29 is 0 Å². The van der Waals surface area contributed by atoms with Gasteiger partial charge < -0.3 is 0 Å². The highest BCUT2D eigenvalue weighted by Crippen LogP contribution is 2.09. The Kier molecular flexibility index (Phi) is 5.16. The van der Waals surface area contributed by atoms with E-state index in [2.05, 4.69) is 35.6 Å². The first kappa shape index (κ1) is 13.4. The van der Waals surface area contributed by atoms with Crippen molar-refractivity contribution in [3.63, 3.8) is 0 Å². The highest BCUT2D eigenvalue weighted by Gasteiger charge is 2.08. The Morgan fingerprint density at radius 1 is 1.38 bits per heavy atom. The minimum Gasteiger partial charge on any atom is -0.296 e. The zero-order valence-corrected chi connectivity index (χ0v) is 11.3. The second kappa shape index (κ2) is 6.16. The molecule has 0 aliphatic rings. The van der Waals surface area contributed by atoms with Crippen LogP contribution < -0.4 is 0 Å². The molecule has 0 unspecified atom stereocenters. The van der Waals surface area contributed by atoms with Gasteiger partial charge in [0.15, 0.2) is 0 Å². The lowest BCUT2D eigenvalue weighted by Gasteiger charge is -2.21. The van der Waals surface area contributed by atoms with Crippen molar-refractivity contribution in [2.75, 3.05) is 13.1 Å². The molecule has 1 aromatic heterocycles. The molecule has 4 heteroatoms. The van der Waals surface area contributed by atoms with Crippen LogP contribution in [0.15, 0.2) is 6.07 Å². The average Bonchev–Trinajstić information content (AvgIpc) is 2.14. The maximum absolute atomic E-state index is 5.91. The molecule has 0 atom stereocenters. The molecule has 0 aliphatic heterocycles. The van der Waals surface area contributed by atoms with Crippen LogP contribution >= 0.6 is 11.6 Å². The van der Waals surface area contributed by atoms with Gasteiger partial charge in [0, 0.05) is 12.2 Å². The summed E-state index contributed by atoms with van der Waals surface area (Å²) in [5.41, 5.74) is 0.926. The van der Waals surface area contributed by atoms with Crippen LogP contribution in [0.25, 0.3) is 0 Å². The number of hydrogen-bond acceptors (Lipinski definition) is 3. The molecule has 0 aliphatic carbocycles. The normalized spacial score (nSPS) is 11.4. The minimum absolute atomic E-state index is 0.531. The van der Waals surface area contributed by atoms with Crippen LogP contribution in [0, 0.1) is 12.8 Å². The quantitative estimate of drug-likeness (QED) is 0.743. The molecule has 0 saturated heterocycles. The summed E-state index contributed by atoms with van der Waals surface area (Å²) in [6, 6.07) is 1.78. The highest BCUT2D eigenvalue weighted by molar-refractivity contribution is 6.29. The summed E-state index contributed by atoms with van der Waals surface area (Å²) in [7, 11) is 0. The van der Waals surface area contributed by atoms with Crippen molar-refractivity contribution in [3.05, 3.63) is 22.7 Å². The monoisotopic (exact) mass is 241 g/mol. The molecule has 3 nitrogen and oxygen atoms in total. The van der Waals surface area contributed by atoms with Gasteiger partial charge in [-0.3, -0.25) is 4.90 Å². The van der Waals surface area contributed by atoms with E-state index in [1.807, 2.05) is 6.92 Å². The Balaban J connectivity index is 2.69. The maximum Gasteiger partial charge on any atom is 0.144 e. The summed E-state index contributed by atoms with van der Waals surface area (Å²) in [5, 5.41) is 0.531. The third-order valence-electron chi connectivity index (χ3n) is 2.30. The van der Waals surface area contributed by atoms with Gasteiger partial charge >= 0.3 is 0 Å².